The normalized spacial score (nSPS) is 14.4. The second kappa shape index (κ2) is 10.7. The molecule has 5 rings (SSSR count). The molecule has 36 heavy (non-hydrogen) atoms. The minimum atomic E-state index is -0.254. The average Bonchev–Trinajstić information content (AvgIpc) is 3.27. The van der Waals surface area contributed by atoms with Crippen LogP contribution in [0.3, 0.4) is 0 Å². The number of fused-ring (bicyclic) bond motifs is 1. The molecule has 1 aliphatic rings. The molecule has 0 atom stereocenters. The lowest BCUT2D eigenvalue weighted by molar-refractivity contribution is 0.0976. The lowest BCUT2D eigenvalue weighted by atomic mass is 10.0. The molecule has 0 unspecified atom stereocenters. The van der Waals surface area contributed by atoms with E-state index in [9.17, 15) is 9.18 Å². The molecule has 0 radical (unpaired) electrons. The van der Waals surface area contributed by atoms with Crippen molar-refractivity contribution in [2.75, 3.05) is 18.0 Å². The summed E-state index contributed by atoms with van der Waals surface area (Å²) in [6.45, 7) is 3.82. The Morgan fingerprint density at radius 3 is 2.47 bits per heavy atom. The number of carbonyl (C=O) groups excluding carboxylic acids is 1. The molecular formula is C29H29ClFN3O2. The molecule has 0 aliphatic carbocycles. The van der Waals surface area contributed by atoms with Crippen molar-refractivity contribution >= 4 is 28.7 Å². The van der Waals surface area contributed by atoms with E-state index in [1.54, 1.807) is 24.4 Å². The maximum Gasteiger partial charge on any atom is 0.181 e. The lowest BCUT2D eigenvalue weighted by Gasteiger charge is -2.33. The monoisotopic (exact) mass is 505 g/mol. The molecule has 2 aromatic heterocycles. The summed E-state index contributed by atoms with van der Waals surface area (Å²) in [7, 11) is 0. The number of nitrogens with zero attached hydrogens (tertiary/aromatic N) is 3. The van der Waals surface area contributed by atoms with E-state index in [1.165, 1.54) is 17.8 Å². The van der Waals surface area contributed by atoms with Crippen LogP contribution in [0, 0.1) is 5.82 Å². The molecule has 1 aliphatic heterocycles. The Balaban J connectivity index is 1.16. The highest BCUT2D eigenvalue weighted by molar-refractivity contribution is 6.30. The molecule has 186 valence electrons. The molecule has 0 spiro atoms. The van der Waals surface area contributed by atoms with E-state index in [2.05, 4.69) is 34.1 Å². The van der Waals surface area contributed by atoms with Crippen molar-refractivity contribution < 1.29 is 13.9 Å². The van der Waals surface area contributed by atoms with E-state index in [1.807, 2.05) is 17.4 Å². The largest absolute Gasteiger partial charge is 0.490 e. The van der Waals surface area contributed by atoms with Gasteiger partial charge in [0.15, 0.2) is 5.78 Å². The van der Waals surface area contributed by atoms with E-state index in [4.69, 9.17) is 16.3 Å². The average molecular weight is 506 g/mol. The van der Waals surface area contributed by atoms with Crippen LogP contribution in [0.2, 0.25) is 5.02 Å². The molecule has 1 fully saturated rings. The van der Waals surface area contributed by atoms with Gasteiger partial charge in [0, 0.05) is 44.2 Å². The smallest absolute Gasteiger partial charge is 0.181 e. The zero-order chi connectivity index (χ0) is 25.1. The molecule has 0 bridgehead atoms. The first-order valence-electron chi connectivity index (χ1n) is 12.5. The number of imidazole rings is 1. The number of aromatic nitrogens is 2. The van der Waals surface area contributed by atoms with Gasteiger partial charge >= 0.3 is 0 Å². The molecule has 0 saturated carbocycles. The standard InChI is InChI=1S/C29H29ClFN3O2/c1-2-26-29(34-19-21(30)6-14-28(34)32-26)27(35)13-5-20-3-9-23(10-4-20)33-17-15-25(16-18-33)36-24-11-7-22(31)8-12-24/h3-4,6-12,14,19,25H,2,5,13,15-18H2,1H3. The van der Waals surface area contributed by atoms with Gasteiger partial charge in [-0.1, -0.05) is 30.7 Å². The number of pyridine rings is 1. The number of benzene rings is 2. The van der Waals surface area contributed by atoms with Crippen LogP contribution in [0.15, 0.2) is 66.9 Å². The second-order valence-electron chi connectivity index (χ2n) is 9.18. The summed E-state index contributed by atoms with van der Waals surface area (Å²) in [5.74, 6) is 0.539. The molecule has 1 saturated heterocycles. The van der Waals surface area contributed by atoms with Crippen LogP contribution in [0.25, 0.3) is 5.65 Å². The van der Waals surface area contributed by atoms with Gasteiger partial charge in [0.1, 0.15) is 29.0 Å². The van der Waals surface area contributed by atoms with E-state index in [0.29, 0.717) is 35.7 Å². The molecule has 7 heteroatoms. The quantitative estimate of drug-likeness (QED) is 0.255. The minimum Gasteiger partial charge on any atom is -0.490 e. The van der Waals surface area contributed by atoms with Crippen molar-refractivity contribution in [2.24, 2.45) is 0 Å². The summed E-state index contributed by atoms with van der Waals surface area (Å²) in [6.07, 6.45) is 5.51. The Labute approximate surface area is 215 Å². The first-order chi connectivity index (χ1) is 17.5. The third-order valence-corrected chi connectivity index (χ3v) is 6.98. The van der Waals surface area contributed by atoms with Gasteiger partial charge in [0.05, 0.1) is 10.7 Å². The Hall–Kier alpha value is -3.38. The number of carbonyl (C=O) groups is 1. The van der Waals surface area contributed by atoms with Crippen LogP contribution in [0.1, 0.15) is 47.9 Å². The van der Waals surface area contributed by atoms with Crippen molar-refractivity contribution in [3.63, 3.8) is 0 Å². The summed E-state index contributed by atoms with van der Waals surface area (Å²) in [6, 6.07) is 18.3. The SMILES string of the molecule is CCc1nc2ccc(Cl)cn2c1C(=O)CCc1ccc(N2CCC(Oc3ccc(F)cc3)CC2)cc1. The number of ether oxygens (including phenoxy) is 1. The fraction of sp³-hybridized carbons (Fsp3) is 0.310. The van der Waals surface area contributed by atoms with Gasteiger partial charge in [-0.3, -0.25) is 9.20 Å². The number of hydrogen-bond donors (Lipinski definition) is 0. The summed E-state index contributed by atoms with van der Waals surface area (Å²) < 4.78 is 20.9. The fourth-order valence-electron chi connectivity index (χ4n) is 4.80. The number of halogens is 2. The molecule has 0 N–H and O–H groups in total. The maximum atomic E-state index is 13.1. The number of Topliss-reactive ketones (excluding diaryl/α,β-unsaturated/α-hetero) is 1. The lowest BCUT2D eigenvalue weighted by Crippen LogP contribution is -2.38. The number of rotatable bonds is 8. The number of anilines is 1. The van der Waals surface area contributed by atoms with Crippen molar-refractivity contribution in [2.45, 2.75) is 45.1 Å². The number of aryl methyl sites for hydroxylation is 2. The first-order valence-corrected chi connectivity index (χ1v) is 12.8. The summed E-state index contributed by atoms with van der Waals surface area (Å²) in [5.41, 5.74) is 4.50. The zero-order valence-corrected chi connectivity index (χ0v) is 21.0. The highest BCUT2D eigenvalue weighted by atomic mass is 35.5. The molecule has 0 amide bonds. The minimum absolute atomic E-state index is 0.0777. The van der Waals surface area contributed by atoms with Crippen molar-refractivity contribution in [1.82, 2.24) is 9.38 Å². The Morgan fingerprint density at radius 2 is 1.78 bits per heavy atom. The second-order valence-corrected chi connectivity index (χ2v) is 9.62. The summed E-state index contributed by atoms with van der Waals surface area (Å²) in [4.78, 5) is 20.1. The predicted octanol–water partition coefficient (Wildman–Crippen LogP) is 6.55. The molecule has 5 nitrogen and oxygen atoms in total. The highest BCUT2D eigenvalue weighted by Gasteiger charge is 2.21. The van der Waals surface area contributed by atoms with Crippen LogP contribution in [-0.4, -0.2) is 34.4 Å². The zero-order valence-electron chi connectivity index (χ0n) is 20.3. The van der Waals surface area contributed by atoms with E-state index in [0.717, 1.165) is 42.8 Å². The van der Waals surface area contributed by atoms with Gasteiger partial charge < -0.3 is 9.64 Å². The fourth-order valence-corrected chi connectivity index (χ4v) is 4.96. The first kappa shape index (κ1) is 24.3. The van der Waals surface area contributed by atoms with Crippen LogP contribution >= 0.6 is 11.6 Å². The van der Waals surface area contributed by atoms with Gasteiger partial charge in [0.2, 0.25) is 0 Å². The van der Waals surface area contributed by atoms with Crippen molar-refractivity contribution in [1.29, 1.82) is 0 Å². The van der Waals surface area contributed by atoms with Crippen LogP contribution in [0.4, 0.5) is 10.1 Å². The van der Waals surface area contributed by atoms with Gasteiger partial charge in [0.25, 0.3) is 0 Å². The van der Waals surface area contributed by atoms with Crippen LogP contribution < -0.4 is 9.64 Å². The van der Waals surface area contributed by atoms with Crippen LogP contribution in [-0.2, 0) is 12.8 Å². The van der Waals surface area contributed by atoms with Crippen molar-refractivity contribution in [3.8, 4) is 5.75 Å². The van der Waals surface area contributed by atoms with Gasteiger partial charge in [-0.15, -0.1) is 0 Å². The molecule has 4 aromatic rings. The van der Waals surface area contributed by atoms with E-state index < -0.39 is 0 Å². The molecule has 2 aromatic carbocycles. The van der Waals surface area contributed by atoms with Gasteiger partial charge in [-0.25, -0.2) is 9.37 Å². The topological polar surface area (TPSA) is 46.8 Å². The van der Waals surface area contributed by atoms with Crippen molar-refractivity contribution in [3.05, 3.63) is 94.7 Å². The third-order valence-electron chi connectivity index (χ3n) is 6.75. The highest BCUT2D eigenvalue weighted by Crippen LogP contribution is 2.25. The maximum absolute atomic E-state index is 13.1. The predicted molar refractivity (Wildman–Crippen MR) is 141 cm³/mol. The molecule has 3 heterocycles. The Bertz CT molecular complexity index is 1340. The van der Waals surface area contributed by atoms with E-state index >= 15 is 0 Å². The number of piperidine rings is 1. The number of hydrogen-bond acceptors (Lipinski definition) is 4. The van der Waals surface area contributed by atoms with Gasteiger partial charge in [-0.2, -0.15) is 0 Å². The Morgan fingerprint density at radius 1 is 1.06 bits per heavy atom. The number of ketones is 1. The van der Waals surface area contributed by atoms with Crippen LogP contribution in [0.5, 0.6) is 5.75 Å². The third kappa shape index (κ3) is 5.39. The summed E-state index contributed by atoms with van der Waals surface area (Å²) in [5, 5.41) is 0.582. The van der Waals surface area contributed by atoms with Gasteiger partial charge in [-0.05, 0) is 66.9 Å². The van der Waals surface area contributed by atoms with E-state index in [-0.39, 0.29) is 17.7 Å². The Kier molecular flexibility index (Phi) is 7.23. The summed E-state index contributed by atoms with van der Waals surface area (Å²) >= 11 is 6.17. The molecular weight excluding hydrogens is 477 g/mol.